The second kappa shape index (κ2) is 8.34. The van der Waals surface area contributed by atoms with Crippen molar-refractivity contribution >= 4 is 5.69 Å². The molecule has 178 valence electrons. The van der Waals surface area contributed by atoms with Crippen LogP contribution in [0.3, 0.4) is 0 Å². The molecule has 0 spiro atoms. The van der Waals surface area contributed by atoms with Gasteiger partial charge in [0.2, 0.25) is 0 Å². The monoisotopic (exact) mass is 469 g/mol. The van der Waals surface area contributed by atoms with Crippen molar-refractivity contribution in [1.29, 1.82) is 0 Å². The van der Waals surface area contributed by atoms with Crippen LogP contribution >= 0.6 is 0 Å². The molecule has 6 nitrogen and oxygen atoms in total. The Hall–Kier alpha value is -3.45. The molecule has 2 aromatic carbocycles. The Morgan fingerprint density at radius 3 is 2.60 bits per heavy atom. The fourth-order valence-corrected chi connectivity index (χ4v) is 6.15. The number of piperidine rings is 1. The number of rotatable bonds is 4. The molecule has 5 heterocycles. The zero-order valence-electron chi connectivity index (χ0n) is 19.6. The molecule has 0 aliphatic carbocycles. The minimum absolute atomic E-state index is 0.0371. The van der Waals surface area contributed by atoms with E-state index in [-0.39, 0.29) is 11.9 Å². The van der Waals surface area contributed by atoms with Crippen LogP contribution in [0.5, 0.6) is 0 Å². The van der Waals surface area contributed by atoms with Gasteiger partial charge in [-0.05, 0) is 48.9 Å². The average molecular weight is 470 g/mol. The highest BCUT2D eigenvalue weighted by molar-refractivity contribution is 5.69. The first-order valence-corrected chi connectivity index (χ1v) is 12.5. The molecular formula is C28H28FN5O. The molecule has 7 rings (SSSR count). The van der Waals surface area contributed by atoms with Crippen molar-refractivity contribution in [2.24, 2.45) is 5.92 Å². The minimum Gasteiger partial charge on any atom is -0.379 e. The largest absolute Gasteiger partial charge is 0.379 e. The van der Waals surface area contributed by atoms with Crippen LogP contribution in [-0.2, 0) is 4.74 Å². The summed E-state index contributed by atoms with van der Waals surface area (Å²) in [4.78, 5) is 6.80. The lowest BCUT2D eigenvalue weighted by molar-refractivity contribution is 0.184. The highest BCUT2D eigenvalue weighted by Crippen LogP contribution is 2.47. The van der Waals surface area contributed by atoms with E-state index < -0.39 is 0 Å². The van der Waals surface area contributed by atoms with E-state index in [1.54, 1.807) is 12.1 Å². The van der Waals surface area contributed by atoms with Gasteiger partial charge in [-0.3, -0.25) is 4.68 Å². The van der Waals surface area contributed by atoms with Gasteiger partial charge < -0.3 is 14.2 Å². The van der Waals surface area contributed by atoms with Crippen LogP contribution in [0.4, 0.5) is 10.1 Å². The summed E-state index contributed by atoms with van der Waals surface area (Å²) in [5.74, 6) is 0.292. The van der Waals surface area contributed by atoms with Crippen molar-refractivity contribution in [3.63, 3.8) is 0 Å². The lowest BCUT2D eigenvalue weighted by Crippen LogP contribution is -2.36. The summed E-state index contributed by atoms with van der Waals surface area (Å²) in [5, 5.41) is 4.56. The lowest BCUT2D eigenvalue weighted by Gasteiger charge is -2.37. The molecule has 0 bridgehead atoms. The average Bonchev–Trinajstić information content (AvgIpc) is 3.69. The van der Waals surface area contributed by atoms with Gasteiger partial charge in [0.25, 0.3) is 0 Å². The zero-order chi connectivity index (χ0) is 23.4. The number of aromatic nitrogens is 4. The van der Waals surface area contributed by atoms with Crippen LogP contribution < -0.4 is 4.90 Å². The van der Waals surface area contributed by atoms with Crippen molar-refractivity contribution in [2.75, 3.05) is 31.2 Å². The van der Waals surface area contributed by atoms with Gasteiger partial charge in [0.15, 0.2) is 0 Å². The quantitative estimate of drug-likeness (QED) is 0.405. The Bertz CT molecular complexity index is 1350. The second-order valence-electron chi connectivity index (χ2n) is 9.93. The van der Waals surface area contributed by atoms with E-state index in [1.807, 2.05) is 29.5 Å². The Morgan fingerprint density at radius 2 is 1.80 bits per heavy atom. The van der Waals surface area contributed by atoms with Gasteiger partial charge in [-0.25, -0.2) is 9.37 Å². The molecule has 2 saturated heterocycles. The van der Waals surface area contributed by atoms with E-state index in [0.717, 1.165) is 68.0 Å². The maximum Gasteiger partial charge on any atom is 0.129 e. The molecule has 1 unspecified atom stereocenters. The number of benzene rings is 2. The second-order valence-corrected chi connectivity index (χ2v) is 9.93. The van der Waals surface area contributed by atoms with Crippen LogP contribution in [0.2, 0.25) is 0 Å². The van der Waals surface area contributed by atoms with Crippen LogP contribution in [0, 0.1) is 11.7 Å². The molecule has 0 radical (unpaired) electrons. The number of hydrogen-bond acceptors (Lipinski definition) is 4. The number of ether oxygens (including phenoxy) is 1. The predicted octanol–water partition coefficient (Wildman–Crippen LogP) is 5.33. The molecule has 35 heavy (non-hydrogen) atoms. The van der Waals surface area contributed by atoms with Crippen molar-refractivity contribution in [3.05, 3.63) is 78.8 Å². The summed E-state index contributed by atoms with van der Waals surface area (Å²) in [5.41, 5.74) is 6.43. The van der Waals surface area contributed by atoms with Crippen LogP contribution in [0.15, 0.2) is 67.4 Å². The normalized spacial score (nSPS) is 21.9. The van der Waals surface area contributed by atoms with E-state index in [9.17, 15) is 4.39 Å². The molecule has 4 aromatic rings. The van der Waals surface area contributed by atoms with Gasteiger partial charge in [-0.1, -0.05) is 24.3 Å². The van der Waals surface area contributed by atoms with E-state index in [2.05, 4.69) is 50.0 Å². The molecule has 7 heteroatoms. The van der Waals surface area contributed by atoms with Gasteiger partial charge in [0.05, 0.1) is 43.1 Å². The topological polar surface area (TPSA) is 48.1 Å². The standard InChI is InChI=1S/C28H28FN5O/c29-25-3-1-2-24-26-15-30-18-33(26)28(27(24)25)20-8-11-32(12-9-20)22-6-4-19(5-7-22)21-14-31-34(16-21)23-10-13-35-17-23/h1-7,14-16,18,20,23,28H,8-13,17H2/t23-,28?/m0/s1. The summed E-state index contributed by atoms with van der Waals surface area (Å²) in [6.45, 7) is 3.50. The zero-order valence-corrected chi connectivity index (χ0v) is 19.6. The highest BCUT2D eigenvalue weighted by Gasteiger charge is 2.38. The summed E-state index contributed by atoms with van der Waals surface area (Å²) < 4.78 is 24.6. The third-order valence-electron chi connectivity index (χ3n) is 8.02. The first-order valence-electron chi connectivity index (χ1n) is 12.5. The van der Waals surface area contributed by atoms with Crippen molar-refractivity contribution < 1.29 is 9.13 Å². The fourth-order valence-electron chi connectivity index (χ4n) is 6.15. The van der Waals surface area contributed by atoms with E-state index >= 15 is 0 Å². The van der Waals surface area contributed by atoms with Gasteiger partial charge in [-0.15, -0.1) is 0 Å². The summed E-state index contributed by atoms with van der Waals surface area (Å²) in [6, 6.07) is 14.6. The first kappa shape index (κ1) is 20.9. The van der Waals surface area contributed by atoms with Gasteiger partial charge >= 0.3 is 0 Å². The smallest absolute Gasteiger partial charge is 0.129 e. The van der Waals surface area contributed by atoms with E-state index in [0.29, 0.717) is 12.0 Å². The summed E-state index contributed by atoms with van der Waals surface area (Å²) in [6.07, 6.45) is 10.9. The third kappa shape index (κ3) is 3.48. The van der Waals surface area contributed by atoms with Crippen molar-refractivity contribution in [2.45, 2.75) is 31.3 Å². The number of hydrogen-bond donors (Lipinski definition) is 0. The Morgan fingerprint density at radius 1 is 0.943 bits per heavy atom. The number of anilines is 1. The molecule has 2 atom stereocenters. The van der Waals surface area contributed by atoms with E-state index in [4.69, 9.17) is 4.74 Å². The molecule has 2 fully saturated rings. The molecule has 0 saturated carbocycles. The predicted molar refractivity (Wildman–Crippen MR) is 133 cm³/mol. The Labute approximate surface area is 204 Å². The SMILES string of the molecule is Fc1cccc2c1C(C1CCN(c3ccc(-c4cnn([C@H]5CCOC5)c4)cc3)CC1)n1cncc1-2. The Balaban J connectivity index is 1.05. The molecular weight excluding hydrogens is 441 g/mol. The lowest BCUT2D eigenvalue weighted by atomic mass is 9.85. The number of nitrogens with zero attached hydrogens (tertiary/aromatic N) is 5. The van der Waals surface area contributed by atoms with Gasteiger partial charge in [-0.2, -0.15) is 5.10 Å². The maximum atomic E-state index is 14.9. The highest BCUT2D eigenvalue weighted by atomic mass is 19.1. The molecule has 0 amide bonds. The maximum absolute atomic E-state index is 14.9. The molecule has 3 aliphatic heterocycles. The van der Waals surface area contributed by atoms with Crippen LogP contribution in [-0.4, -0.2) is 45.6 Å². The molecule has 0 N–H and O–H groups in total. The first-order chi connectivity index (χ1) is 17.3. The fraction of sp³-hybridized carbons (Fsp3) is 0.357. The van der Waals surface area contributed by atoms with Gasteiger partial charge in [0.1, 0.15) is 5.82 Å². The summed E-state index contributed by atoms with van der Waals surface area (Å²) >= 11 is 0. The number of halogens is 1. The minimum atomic E-state index is -0.0991. The Kier molecular flexibility index (Phi) is 4.98. The molecule has 3 aliphatic rings. The van der Waals surface area contributed by atoms with Crippen LogP contribution in [0.1, 0.15) is 36.9 Å². The molecule has 2 aromatic heterocycles. The van der Waals surface area contributed by atoms with Gasteiger partial charge in [0, 0.05) is 48.3 Å². The number of fused-ring (bicyclic) bond motifs is 3. The van der Waals surface area contributed by atoms with E-state index in [1.165, 1.54) is 11.3 Å². The number of imidazole rings is 1. The van der Waals surface area contributed by atoms with Crippen LogP contribution in [0.25, 0.3) is 22.4 Å². The summed E-state index contributed by atoms with van der Waals surface area (Å²) in [7, 11) is 0. The van der Waals surface area contributed by atoms with Crippen molar-refractivity contribution in [1.82, 2.24) is 19.3 Å². The third-order valence-corrected chi connectivity index (χ3v) is 8.02. The van der Waals surface area contributed by atoms with Crippen molar-refractivity contribution in [3.8, 4) is 22.4 Å².